The van der Waals surface area contributed by atoms with Crippen molar-refractivity contribution in [2.45, 2.75) is 31.9 Å². The normalized spacial score (nSPS) is 20.7. The summed E-state index contributed by atoms with van der Waals surface area (Å²) in [6, 6.07) is 3.20. The Hall–Kier alpha value is -1.04. The minimum Gasteiger partial charge on any atom is -0.339 e. The largest absolute Gasteiger partial charge is 0.416 e. The van der Waals surface area contributed by atoms with E-state index >= 15 is 0 Å². The van der Waals surface area contributed by atoms with Gasteiger partial charge in [0.15, 0.2) is 0 Å². The number of benzene rings is 1. The van der Waals surface area contributed by atoms with Gasteiger partial charge >= 0.3 is 6.18 Å². The van der Waals surface area contributed by atoms with E-state index < -0.39 is 11.7 Å². The number of hydrogen-bond donors (Lipinski definition) is 0. The topological polar surface area (TPSA) is 20.3 Å². The molecule has 2 aliphatic rings. The predicted octanol–water partition coefficient (Wildman–Crippen LogP) is 4.48. The number of amides is 1. The molecule has 0 atom stereocenters. The van der Waals surface area contributed by atoms with E-state index in [0.29, 0.717) is 24.1 Å². The Morgan fingerprint density at radius 2 is 1.76 bits per heavy atom. The van der Waals surface area contributed by atoms with Crippen molar-refractivity contribution in [3.8, 4) is 0 Å². The molecule has 1 heterocycles. The van der Waals surface area contributed by atoms with Gasteiger partial charge < -0.3 is 4.90 Å². The highest BCUT2D eigenvalue weighted by Gasteiger charge is 2.45. The second kappa shape index (κ2) is 5.00. The van der Waals surface area contributed by atoms with Crippen molar-refractivity contribution >= 4 is 21.8 Å². The Morgan fingerprint density at radius 3 is 2.24 bits per heavy atom. The standard InChI is InChI=1S/C15H15BrF3NO/c16-12-9-10(15(17,18)19)1-2-11(12)13(21)20-7-5-14(3-4-14)6-8-20/h1-2,9H,3-8H2. The first kappa shape index (κ1) is 14.9. The molecule has 1 saturated carbocycles. The van der Waals surface area contributed by atoms with E-state index in [9.17, 15) is 18.0 Å². The second-order valence-corrected chi connectivity index (χ2v) is 6.84. The number of likely N-dealkylation sites (tertiary alicyclic amines) is 1. The van der Waals surface area contributed by atoms with E-state index in [-0.39, 0.29) is 10.4 Å². The molecule has 1 aromatic rings. The summed E-state index contributed by atoms with van der Waals surface area (Å²) in [7, 11) is 0. The van der Waals surface area contributed by atoms with Crippen LogP contribution in [-0.2, 0) is 6.18 Å². The average Bonchev–Trinajstić information content (AvgIpc) is 3.17. The number of carbonyl (C=O) groups is 1. The fraction of sp³-hybridized carbons (Fsp3) is 0.533. The average molecular weight is 362 g/mol. The smallest absolute Gasteiger partial charge is 0.339 e. The SMILES string of the molecule is O=C(c1ccc(C(F)(F)F)cc1Br)N1CCC2(CC1)CC2. The van der Waals surface area contributed by atoms with Gasteiger partial charge in [-0.15, -0.1) is 0 Å². The number of piperidine rings is 1. The van der Waals surface area contributed by atoms with Crippen LogP contribution in [0.1, 0.15) is 41.6 Å². The van der Waals surface area contributed by atoms with E-state index in [1.165, 1.54) is 18.9 Å². The van der Waals surface area contributed by atoms with Crippen molar-refractivity contribution in [2.75, 3.05) is 13.1 Å². The Morgan fingerprint density at radius 1 is 1.14 bits per heavy atom. The lowest BCUT2D eigenvalue weighted by Crippen LogP contribution is -2.39. The summed E-state index contributed by atoms with van der Waals surface area (Å²) in [5.74, 6) is -0.189. The molecule has 1 spiro atoms. The van der Waals surface area contributed by atoms with Gasteiger partial charge in [-0.05, 0) is 65.2 Å². The lowest BCUT2D eigenvalue weighted by molar-refractivity contribution is -0.137. The Balaban J connectivity index is 1.75. The number of halogens is 4. The van der Waals surface area contributed by atoms with Crippen LogP contribution in [0, 0.1) is 5.41 Å². The van der Waals surface area contributed by atoms with Crippen LogP contribution >= 0.6 is 15.9 Å². The summed E-state index contributed by atoms with van der Waals surface area (Å²) in [4.78, 5) is 14.2. The summed E-state index contributed by atoms with van der Waals surface area (Å²) < 4.78 is 38.1. The van der Waals surface area contributed by atoms with Crippen molar-refractivity contribution in [3.63, 3.8) is 0 Å². The van der Waals surface area contributed by atoms with Crippen LogP contribution in [0.4, 0.5) is 13.2 Å². The molecule has 1 aliphatic heterocycles. The number of carbonyl (C=O) groups excluding carboxylic acids is 1. The van der Waals surface area contributed by atoms with E-state index in [4.69, 9.17) is 0 Å². The maximum Gasteiger partial charge on any atom is 0.416 e. The molecule has 1 aliphatic carbocycles. The van der Waals surface area contributed by atoms with E-state index in [1.807, 2.05) is 0 Å². The van der Waals surface area contributed by atoms with Crippen LogP contribution in [0.3, 0.4) is 0 Å². The van der Waals surface area contributed by atoms with Crippen LogP contribution in [0.15, 0.2) is 22.7 Å². The molecule has 2 fully saturated rings. The van der Waals surface area contributed by atoms with E-state index in [1.54, 1.807) is 4.90 Å². The molecule has 0 N–H and O–H groups in total. The van der Waals surface area contributed by atoms with Gasteiger partial charge in [-0.25, -0.2) is 0 Å². The number of alkyl halides is 3. The molecule has 0 unspecified atom stereocenters. The first-order valence-electron chi connectivity index (χ1n) is 6.97. The third-order valence-electron chi connectivity index (χ3n) is 4.60. The van der Waals surface area contributed by atoms with Crippen LogP contribution in [-0.4, -0.2) is 23.9 Å². The fourth-order valence-corrected chi connectivity index (χ4v) is 3.44. The van der Waals surface area contributed by atoms with Gasteiger partial charge in [0.25, 0.3) is 5.91 Å². The van der Waals surface area contributed by atoms with Gasteiger partial charge in [0.1, 0.15) is 0 Å². The van der Waals surface area contributed by atoms with Crippen molar-refractivity contribution in [1.29, 1.82) is 0 Å². The van der Waals surface area contributed by atoms with Crippen LogP contribution in [0.2, 0.25) is 0 Å². The lowest BCUT2D eigenvalue weighted by atomic mass is 9.93. The highest BCUT2D eigenvalue weighted by molar-refractivity contribution is 9.10. The van der Waals surface area contributed by atoms with E-state index in [2.05, 4.69) is 15.9 Å². The third-order valence-corrected chi connectivity index (χ3v) is 5.25. The zero-order valence-electron chi connectivity index (χ0n) is 11.3. The third kappa shape index (κ3) is 2.96. The Labute approximate surface area is 129 Å². The summed E-state index contributed by atoms with van der Waals surface area (Å²) in [6.45, 7) is 1.40. The summed E-state index contributed by atoms with van der Waals surface area (Å²) in [5, 5.41) is 0. The minimum absolute atomic E-state index is 0.189. The fourth-order valence-electron chi connectivity index (χ4n) is 2.90. The quantitative estimate of drug-likeness (QED) is 0.721. The van der Waals surface area contributed by atoms with Crippen LogP contribution in [0.25, 0.3) is 0 Å². The molecule has 6 heteroatoms. The van der Waals surface area contributed by atoms with E-state index in [0.717, 1.165) is 25.0 Å². The molecule has 0 bridgehead atoms. The van der Waals surface area contributed by atoms with Crippen molar-refractivity contribution < 1.29 is 18.0 Å². The van der Waals surface area contributed by atoms with Gasteiger partial charge in [0.2, 0.25) is 0 Å². The number of rotatable bonds is 1. The molecular formula is C15H15BrF3NO. The van der Waals surface area contributed by atoms with Gasteiger partial charge in [0.05, 0.1) is 11.1 Å². The van der Waals surface area contributed by atoms with Crippen LogP contribution in [0.5, 0.6) is 0 Å². The highest BCUT2D eigenvalue weighted by atomic mass is 79.9. The maximum atomic E-state index is 12.6. The van der Waals surface area contributed by atoms with Gasteiger partial charge in [-0.1, -0.05) is 0 Å². The van der Waals surface area contributed by atoms with Gasteiger partial charge in [0, 0.05) is 17.6 Å². The molecule has 1 saturated heterocycles. The molecule has 1 aromatic carbocycles. The second-order valence-electron chi connectivity index (χ2n) is 5.98. The predicted molar refractivity (Wildman–Crippen MR) is 75.9 cm³/mol. The molecule has 1 amide bonds. The summed E-state index contributed by atoms with van der Waals surface area (Å²) in [5.41, 5.74) is 0.0185. The van der Waals surface area contributed by atoms with Crippen molar-refractivity contribution in [2.24, 2.45) is 5.41 Å². The number of hydrogen-bond acceptors (Lipinski definition) is 1. The zero-order chi connectivity index (χ0) is 15.3. The molecular weight excluding hydrogens is 347 g/mol. The minimum atomic E-state index is -4.40. The molecule has 114 valence electrons. The monoisotopic (exact) mass is 361 g/mol. The number of nitrogens with zero attached hydrogens (tertiary/aromatic N) is 1. The molecule has 21 heavy (non-hydrogen) atoms. The van der Waals surface area contributed by atoms with Gasteiger partial charge in [-0.2, -0.15) is 13.2 Å². The van der Waals surface area contributed by atoms with Crippen LogP contribution < -0.4 is 0 Å². The summed E-state index contributed by atoms with van der Waals surface area (Å²) in [6.07, 6.45) is 0.125. The summed E-state index contributed by atoms with van der Waals surface area (Å²) >= 11 is 3.09. The first-order chi connectivity index (χ1) is 9.81. The molecule has 2 nitrogen and oxygen atoms in total. The highest BCUT2D eigenvalue weighted by Crippen LogP contribution is 2.53. The molecule has 3 rings (SSSR count). The van der Waals surface area contributed by atoms with Gasteiger partial charge in [-0.3, -0.25) is 4.79 Å². The Kier molecular flexibility index (Phi) is 3.55. The molecule has 0 aromatic heterocycles. The zero-order valence-corrected chi connectivity index (χ0v) is 12.9. The molecule has 0 radical (unpaired) electrons. The van der Waals surface area contributed by atoms with Crippen molar-refractivity contribution in [3.05, 3.63) is 33.8 Å². The first-order valence-corrected chi connectivity index (χ1v) is 7.76. The Bertz CT molecular complexity index is 571. The maximum absolute atomic E-state index is 12.6. The van der Waals surface area contributed by atoms with Crippen molar-refractivity contribution in [1.82, 2.24) is 4.90 Å². The lowest BCUT2D eigenvalue weighted by Gasteiger charge is -2.32.